The minimum Gasteiger partial charge on any atom is -0.497 e. The van der Waals surface area contributed by atoms with Gasteiger partial charge in [-0.1, -0.05) is 30.0 Å². The summed E-state index contributed by atoms with van der Waals surface area (Å²) in [5.74, 6) is 1.88. The second-order valence-electron chi connectivity index (χ2n) is 7.88. The number of anilines is 1. The molecular weight excluding hydrogens is 480 g/mol. The van der Waals surface area contributed by atoms with Crippen LogP contribution in [0.2, 0.25) is 0 Å². The summed E-state index contributed by atoms with van der Waals surface area (Å²) in [7, 11) is 3.40. The summed E-state index contributed by atoms with van der Waals surface area (Å²) < 4.78 is 16.1. The van der Waals surface area contributed by atoms with Crippen LogP contribution < -0.4 is 20.3 Å². The van der Waals surface area contributed by atoms with Crippen molar-refractivity contribution in [1.82, 2.24) is 24.1 Å². The van der Waals surface area contributed by atoms with Crippen LogP contribution in [0.5, 0.6) is 11.5 Å². The maximum atomic E-state index is 13.0. The molecule has 0 fully saturated rings. The van der Waals surface area contributed by atoms with Crippen molar-refractivity contribution < 1.29 is 14.3 Å². The molecule has 0 saturated carbocycles. The van der Waals surface area contributed by atoms with Gasteiger partial charge >= 0.3 is 0 Å². The molecule has 0 atom stereocenters. The molecule has 0 radical (unpaired) electrons. The maximum Gasteiger partial charge on any atom is 0.295 e. The van der Waals surface area contributed by atoms with E-state index in [-0.39, 0.29) is 29.5 Å². The highest BCUT2D eigenvalue weighted by molar-refractivity contribution is 7.99. The summed E-state index contributed by atoms with van der Waals surface area (Å²) in [5, 5.41) is 11.8. The standard InChI is InChI=1S/C25H28N6O4S/c1-5-30-21(15-35-20-13-11-19(34-4)12-14-20)27-28-25(30)36-16-22(32)26-23-17(2)29(3)31(24(23)33)18-9-7-6-8-10-18/h6-14H,5,15-16H2,1-4H3,(H,26,32). The topological polar surface area (TPSA) is 105 Å². The number of nitrogens with zero attached hydrogens (tertiary/aromatic N) is 5. The van der Waals surface area contributed by atoms with E-state index < -0.39 is 0 Å². The number of carbonyl (C=O) groups is 1. The Morgan fingerprint density at radius 1 is 1.06 bits per heavy atom. The number of carbonyl (C=O) groups excluding carboxylic acids is 1. The molecule has 10 nitrogen and oxygen atoms in total. The molecule has 0 aliphatic carbocycles. The number of benzene rings is 2. The van der Waals surface area contributed by atoms with E-state index in [0.717, 1.165) is 11.4 Å². The smallest absolute Gasteiger partial charge is 0.295 e. The Balaban J connectivity index is 1.40. The van der Waals surface area contributed by atoms with Gasteiger partial charge in [-0.3, -0.25) is 14.3 Å². The van der Waals surface area contributed by atoms with Gasteiger partial charge in [-0.05, 0) is 50.2 Å². The highest BCUT2D eigenvalue weighted by Gasteiger charge is 2.19. The lowest BCUT2D eigenvalue weighted by Crippen LogP contribution is -2.23. The van der Waals surface area contributed by atoms with Gasteiger partial charge in [0.2, 0.25) is 5.91 Å². The third-order valence-corrected chi connectivity index (χ3v) is 6.65. The highest BCUT2D eigenvalue weighted by Crippen LogP contribution is 2.21. The SMILES string of the molecule is CCn1c(COc2ccc(OC)cc2)nnc1SCC(=O)Nc1c(C)n(C)n(-c2ccccc2)c1=O. The van der Waals surface area contributed by atoms with Crippen molar-refractivity contribution in [3.05, 3.63) is 76.5 Å². The Morgan fingerprint density at radius 3 is 2.42 bits per heavy atom. The fourth-order valence-corrected chi connectivity index (χ4v) is 4.51. The van der Waals surface area contributed by atoms with E-state index in [9.17, 15) is 9.59 Å². The molecule has 36 heavy (non-hydrogen) atoms. The monoisotopic (exact) mass is 508 g/mol. The normalized spacial score (nSPS) is 10.9. The minimum absolute atomic E-state index is 0.0799. The number of para-hydroxylation sites is 1. The van der Waals surface area contributed by atoms with Gasteiger partial charge in [-0.2, -0.15) is 0 Å². The van der Waals surface area contributed by atoms with E-state index in [1.165, 1.54) is 16.4 Å². The van der Waals surface area contributed by atoms with E-state index in [2.05, 4.69) is 15.5 Å². The van der Waals surface area contributed by atoms with Crippen molar-refractivity contribution >= 4 is 23.4 Å². The van der Waals surface area contributed by atoms with Gasteiger partial charge in [-0.25, -0.2) is 4.68 Å². The molecule has 0 aliphatic rings. The lowest BCUT2D eigenvalue weighted by atomic mass is 10.3. The Hall–Kier alpha value is -3.99. The van der Waals surface area contributed by atoms with Gasteiger partial charge in [0.25, 0.3) is 5.56 Å². The lowest BCUT2D eigenvalue weighted by molar-refractivity contribution is -0.113. The van der Waals surface area contributed by atoms with Crippen LogP contribution in [0, 0.1) is 6.92 Å². The lowest BCUT2D eigenvalue weighted by Gasteiger charge is -2.09. The zero-order chi connectivity index (χ0) is 25.7. The van der Waals surface area contributed by atoms with Crippen molar-refractivity contribution in [1.29, 1.82) is 0 Å². The number of methoxy groups -OCH3 is 1. The average Bonchev–Trinajstić information content (AvgIpc) is 3.40. The Bertz CT molecular complexity index is 1390. The van der Waals surface area contributed by atoms with Gasteiger partial charge in [0.1, 0.15) is 23.8 Å². The van der Waals surface area contributed by atoms with E-state index >= 15 is 0 Å². The molecular formula is C25H28N6O4S. The third-order valence-electron chi connectivity index (χ3n) is 5.69. The van der Waals surface area contributed by atoms with Gasteiger partial charge in [0.05, 0.1) is 24.2 Å². The number of ether oxygens (including phenoxy) is 2. The summed E-state index contributed by atoms with van der Waals surface area (Å²) in [6.45, 7) is 4.64. The van der Waals surface area contributed by atoms with Gasteiger partial charge in [-0.15, -0.1) is 10.2 Å². The number of rotatable bonds is 10. The number of aromatic nitrogens is 5. The van der Waals surface area contributed by atoms with Crippen LogP contribution in [0.4, 0.5) is 5.69 Å². The number of nitrogens with one attached hydrogen (secondary N) is 1. The van der Waals surface area contributed by atoms with Crippen molar-refractivity contribution in [3.63, 3.8) is 0 Å². The molecule has 0 spiro atoms. The second-order valence-corrected chi connectivity index (χ2v) is 8.82. The molecule has 2 heterocycles. The predicted octanol–water partition coefficient (Wildman–Crippen LogP) is 3.41. The Kier molecular flexibility index (Phi) is 7.79. The summed E-state index contributed by atoms with van der Waals surface area (Å²) in [6, 6.07) is 16.6. The Morgan fingerprint density at radius 2 is 1.75 bits per heavy atom. The molecule has 1 amide bonds. The number of amides is 1. The summed E-state index contributed by atoms with van der Waals surface area (Å²) in [4.78, 5) is 25.8. The van der Waals surface area contributed by atoms with Crippen molar-refractivity contribution in [2.45, 2.75) is 32.2 Å². The van der Waals surface area contributed by atoms with Crippen molar-refractivity contribution in [3.8, 4) is 17.2 Å². The maximum absolute atomic E-state index is 13.0. The van der Waals surface area contributed by atoms with E-state index in [1.54, 1.807) is 25.8 Å². The largest absolute Gasteiger partial charge is 0.497 e. The molecule has 0 unspecified atom stereocenters. The van der Waals surface area contributed by atoms with E-state index in [0.29, 0.717) is 29.0 Å². The summed E-state index contributed by atoms with van der Waals surface area (Å²) >= 11 is 1.26. The molecule has 4 rings (SSSR count). The predicted molar refractivity (Wildman–Crippen MR) is 138 cm³/mol. The minimum atomic E-state index is -0.298. The fraction of sp³-hybridized carbons (Fsp3) is 0.280. The first kappa shape index (κ1) is 25.1. The van der Waals surface area contributed by atoms with Crippen LogP contribution in [0.3, 0.4) is 0 Å². The van der Waals surface area contributed by atoms with Gasteiger partial charge in [0, 0.05) is 13.6 Å². The zero-order valence-corrected chi connectivity index (χ0v) is 21.4. The first-order valence-electron chi connectivity index (χ1n) is 11.4. The summed E-state index contributed by atoms with van der Waals surface area (Å²) in [5.41, 5.74) is 1.37. The molecule has 188 valence electrons. The van der Waals surface area contributed by atoms with Crippen LogP contribution in [0.1, 0.15) is 18.4 Å². The molecule has 4 aromatic rings. The summed E-state index contributed by atoms with van der Waals surface area (Å²) in [6.07, 6.45) is 0. The Labute approximate surface area is 212 Å². The molecule has 0 saturated heterocycles. The van der Waals surface area contributed by atoms with E-state index in [4.69, 9.17) is 9.47 Å². The third kappa shape index (κ3) is 5.30. The molecule has 2 aromatic heterocycles. The van der Waals surface area contributed by atoms with Crippen molar-refractivity contribution in [2.24, 2.45) is 7.05 Å². The first-order valence-corrected chi connectivity index (χ1v) is 12.4. The first-order chi connectivity index (χ1) is 17.4. The number of hydrogen-bond donors (Lipinski definition) is 1. The number of thioether (sulfide) groups is 1. The van der Waals surface area contributed by atoms with Crippen LogP contribution in [-0.2, 0) is 25.0 Å². The molecule has 0 bridgehead atoms. The molecule has 11 heteroatoms. The van der Waals surface area contributed by atoms with Gasteiger partial charge < -0.3 is 19.4 Å². The fourth-order valence-electron chi connectivity index (χ4n) is 3.69. The average molecular weight is 509 g/mol. The highest BCUT2D eigenvalue weighted by atomic mass is 32.2. The quantitative estimate of drug-likeness (QED) is 0.327. The molecule has 1 N–H and O–H groups in total. The van der Waals surface area contributed by atoms with Crippen LogP contribution in [0.15, 0.2) is 64.5 Å². The van der Waals surface area contributed by atoms with E-state index in [1.807, 2.05) is 66.1 Å². The van der Waals surface area contributed by atoms with Crippen LogP contribution in [-0.4, -0.2) is 42.9 Å². The van der Waals surface area contributed by atoms with Crippen molar-refractivity contribution in [2.75, 3.05) is 18.2 Å². The molecule has 0 aliphatic heterocycles. The van der Waals surface area contributed by atoms with Crippen LogP contribution in [0.25, 0.3) is 5.69 Å². The zero-order valence-electron chi connectivity index (χ0n) is 20.6. The van der Waals surface area contributed by atoms with Gasteiger partial charge in [0.15, 0.2) is 11.0 Å². The van der Waals surface area contributed by atoms with Crippen LogP contribution >= 0.6 is 11.8 Å². The number of hydrogen-bond acceptors (Lipinski definition) is 7. The second kappa shape index (κ2) is 11.2. The molecule has 2 aromatic carbocycles.